The Kier molecular flexibility index (Phi) is 3.80. The zero-order valence-electron chi connectivity index (χ0n) is 14.4. The molecule has 26 heavy (non-hydrogen) atoms. The van der Waals surface area contributed by atoms with Gasteiger partial charge in [-0.3, -0.25) is 4.79 Å². The summed E-state index contributed by atoms with van der Waals surface area (Å²) >= 11 is 0. The molecule has 0 aliphatic heterocycles. The molecule has 0 unspecified atom stereocenters. The Morgan fingerprint density at radius 1 is 1.12 bits per heavy atom. The van der Waals surface area contributed by atoms with Crippen LogP contribution in [0.25, 0.3) is 16.6 Å². The molecule has 1 aromatic carbocycles. The van der Waals surface area contributed by atoms with Gasteiger partial charge in [0.05, 0.1) is 11.1 Å². The molecule has 0 amide bonds. The first-order chi connectivity index (χ1) is 12.5. The number of pyridine rings is 1. The molecule has 130 valence electrons. The van der Waals surface area contributed by atoms with E-state index in [1.807, 2.05) is 42.6 Å². The lowest BCUT2D eigenvalue weighted by molar-refractivity contribution is 0.0432. The second-order valence-electron chi connectivity index (χ2n) is 6.25. The Bertz CT molecular complexity index is 1200. The van der Waals surface area contributed by atoms with E-state index in [-0.39, 0.29) is 17.8 Å². The van der Waals surface area contributed by atoms with E-state index in [1.54, 1.807) is 18.3 Å². The number of rotatable bonds is 3. The minimum Gasteiger partial charge on any atom is -0.453 e. The molecule has 0 fully saturated rings. The molecule has 0 aliphatic carbocycles. The molecular weight excluding hydrogens is 332 g/mol. The lowest BCUT2D eigenvalue weighted by Gasteiger charge is -2.04. The van der Waals surface area contributed by atoms with Crippen LogP contribution in [0.15, 0.2) is 58.0 Å². The Morgan fingerprint density at radius 3 is 2.77 bits per heavy atom. The maximum Gasteiger partial charge on any atom is 0.374 e. The molecule has 0 saturated carbocycles. The minimum atomic E-state index is -0.696. The molecule has 0 aliphatic rings. The number of aryl methyl sites for hydroxylation is 2. The number of esters is 1. The van der Waals surface area contributed by atoms with Gasteiger partial charge < -0.3 is 13.6 Å². The highest BCUT2D eigenvalue weighted by atomic mass is 16.5. The van der Waals surface area contributed by atoms with Crippen molar-refractivity contribution < 1.29 is 13.9 Å². The van der Waals surface area contributed by atoms with E-state index in [0.29, 0.717) is 16.7 Å². The normalized spacial score (nSPS) is 11.2. The van der Waals surface area contributed by atoms with Crippen molar-refractivity contribution in [3.05, 3.63) is 81.6 Å². The second kappa shape index (κ2) is 6.15. The highest BCUT2D eigenvalue weighted by Gasteiger charge is 2.15. The average Bonchev–Trinajstić information content (AvgIpc) is 3.02. The summed E-state index contributed by atoms with van der Waals surface area (Å²) in [5, 5.41) is 0.442. The smallest absolute Gasteiger partial charge is 0.374 e. The molecular formula is C20H16N2O4. The van der Waals surface area contributed by atoms with E-state index in [1.165, 1.54) is 0 Å². The van der Waals surface area contributed by atoms with Crippen LogP contribution in [0.3, 0.4) is 0 Å². The molecule has 0 bridgehead atoms. The predicted octanol–water partition coefficient (Wildman–Crippen LogP) is 3.41. The number of hydrogen-bond acceptors (Lipinski definition) is 5. The van der Waals surface area contributed by atoms with E-state index in [4.69, 9.17) is 9.15 Å². The highest BCUT2D eigenvalue weighted by Crippen LogP contribution is 2.15. The topological polar surface area (TPSA) is 73.8 Å². The summed E-state index contributed by atoms with van der Waals surface area (Å²) in [6.07, 6.45) is 3.74. The second-order valence-corrected chi connectivity index (χ2v) is 6.25. The average molecular weight is 348 g/mol. The van der Waals surface area contributed by atoms with Crippen molar-refractivity contribution in [3.63, 3.8) is 0 Å². The van der Waals surface area contributed by atoms with Crippen LogP contribution in [0.2, 0.25) is 0 Å². The van der Waals surface area contributed by atoms with Crippen LogP contribution in [0.5, 0.6) is 0 Å². The zero-order valence-corrected chi connectivity index (χ0v) is 14.4. The Balaban J connectivity index is 1.56. The van der Waals surface area contributed by atoms with Crippen molar-refractivity contribution >= 4 is 22.6 Å². The molecule has 0 spiro atoms. The van der Waals surface area contributed by atoms with Gasteiger partial charge in [-0.15, -0.1) is 0 Å². The van der Waals surface area contributed by atoms with Gasteiger partial charge in [0, 0.05) is 18.5 Å². The number of hydrogen-bond donors (Lipinski definition) is 0. The van der Waals surface area contributed by atoms with Crippen LogP contribution in [0.4, 0.5) is 0 Å². The predicted molar refractivity (Wildman–Crippen MR) is 96.3 cm³/mol. The van der Waals surface area contributed by atoms with Crippen LogP contribution in [-0.4, -0.2) is 15.4 Å². The van der Waals surface area contributed by atoms with Crippen molar-refractivity contribution in [1.29, 1.82) is 0 Å². The van der Waals surface area contributed by atoms with Gasteiger partial charge in [-0.2, -0.15) is 0 Å². The fraction of sp³-hybridized carbons (Fsp3) is 0.150. The van der Waals surface area contributed by atoms with Gasteiger partial charge in [0.1, 0.15) is 17.8 Å². The number of ether oxygens (including phenoxy) is 1. The Labute approximate surface area is 148 Å². The largest absolute Gasteiger partial charge is 0.453 e. The number of aromatic nitrogens is 2. The first-order valence-electron chi connectivity index (χ1n) is 8.15. The number of fused-ring (bicyclic) bond motifs is 2. The molecule has 3 aromatic heterocycles. The molecule has 4 aromatic rings. The molecule has 3 heterocycles. The first-order valence-corrected chi connectivity index (χ1v) is 8.15. The quantitative estimate of drug-likeness (QED) is 0.531. The molecule has 0 N–H and O–H groups in total. The van der Waals surface area contributed by atoms with Crippen molar-refractivity contribution in [1.82, 2.24) is 9.38 Å². The zero-order chi connectivity index (χ0) is 18.3. The number of imidazole rings is 1. The van der Waals surface area contributed by atoms with E-state index in [9.17, 15) is 9.59 Å². The van der Waals surface area contributed by atoms with Crippen LogP contribution >= 0.6 is 0 Å². The summed E-state index contributed by atoms with van der Waals surface area (Å²) in [5.41, 5.74) is 3.52. The van der Waals surface area contributed by atoms with Crippen LogP contribution < -0.4 is 5.43 Å². The summed E-state index contributed by atoms with van der Waals surface area (Å²) < 4.78 is 12.6. The van der Waals surface area contributed by atoms with E-state index in [0.717, 1.165) is 22.8 Å². The summed E-state index contributed by atoms with van der Waals surface area (Å²) in [6, 6.07) is 10.2. The number of carbonyl (C=O) groups excluding carboxylic acids is 1. The van der Waals surface area contributed by atoms with E-state index in [2.05, 4.69) is 4.98 Å². The van der Waals surface area contributed by atoms with E-state index >= 15 is 0 Å². The van der Waals surface area contributed by atoms with Crippen molar-refractivity contribution in [2.75, 3.05) is 0 Å². The van der Waals surface area contributed by atoms with Gasteiger partial charge in [0.2, 0.25) is 5.76 Å². The van der Waals surface area contributed by atoms with Gasteiger partial charge in [0.25, 0.3) is 0 Å². The SMILES string of the molecule is Cc1ccc2oc(C(=O)OCc3cn4cc(C)ccc4n3)cc(=O)c2c1. The maximum absolute atomic E-state index is 12.3. The number of benzene rings is 1. The van der Waals surface area contributed by atoms with Crippen LogP contribution in [0.1, 0.15) is 27.4 Å². The molecule has 4 rings (SSSR count). The number of carbonyl (C=O) groups is 1. The Morgan fingerprint density at radius 2 is 1.92 bits per heavy atom. The molecule has 0 atom stereocenters. The number of nitrogens with zero attached hydrogens (tertiary/aromatic N) is 2. The Hall–Kier alpha value is -3.41. The highest BCUT2D eigenvalue weighted by molar-refractivity contribution is 5.89. The fourth-order valence-corrected chi connectivity index (χ4v) is 2.81. The lowest BCUT2D eigenvalue weighted by atomic mass is 10.1. The molecule has 0 radical (unpaired) electrons. The summed E-state index contributed by atoms with van der Waals surface area (Å²) in [7, 11) is 0. The summed E-state index contributed by atoms with van der Waals surface area (Å²) in [6.45, 7) is 3.87. The third kappa shape index (κ3) is 2.97. The standard InChI is InChI=1S/C20H16N2O4/c1-12-3-5-17-15(7-12)16(23)8-18(26-17)20(24)25-11-14-10-22-9-13(2)4-6-19(22)21-14/h3-10H,11H2,1-2H3. The van der Waals surface area contributed by atoms with Crippen molar-refractivity contribution in [3.8, 4) is 0 Å². The maximum atomic E-state index is 12.3. The third-order valence-electron chi connectivity index (χ3n) is 4.08. The van der Waals surface area contributed by atoms with Crippen molar-refractivity contribution in [2.24, 2.45) is 0 Å². The monoisotopic (exact) mass is 348 g/mol. The first kappa shape index (κ1) is 16.1. The van der Waals surface area contributed by atoms with Gasteiger partial charge in [0.15, 0.2) is 5.43 Å². The van der Waals surface area contributed by atoms with Gasteiger partial charge in [-0.1, -0.05) is 17.7 Å². The minimum absolute atomic E-state index is 0.00476. The third-order valence-corrected chi connectivity index (χ3v) is 4.08. The summed E-state index contributed by atoms with van der Waals surface area (Å²) in [4.78, 5) is 28.8. The van der Waals surface area contributed by atoms with Gasteiger partial charge >= 0.3 is 5.97 Å². The van der Waals surface area contributed by atoms with Crippen LogP contribution in [0, 0.1) is 13.8 Å². The molecule has 6 nitrogen and oxygen atoms in total. The summed E-state index contributed by atoms with van der Waals surface area (Å²) in [5.74, 6) is -0.816. The van der Waals surface area contributed by atoms with E-state index < -0.39 is 5.97 Å². The van der Waals surface area contributed by atoms with Crippen molar-refractivity contribution in [2.45, 2.75) is 20.5 Å². The molecule has 0 saturated heterocycles. The fourth-order valence-electron chi connectivity index (χ4n) is 2.81. The van der Waals surface area contributed by atoms with Gasteiger partial charge in [-0.25, -0.2) is 9.78 Å². The van der Waals surface area contributed by atoms with Crippen LogP contribution in [-0.2, 0) is 11.3 Å². The van der Waals surface area contributed by atoms with Gasteiger partial charge in [-0.05, 0) is 37.6 Å². The molecule has 6 heteroatoms. The lowest BCUT2D eigenvalue weighted by Crippen LogP contribution is -2.10.